The van der Waals surface area contributed by atoms with Gasteiger partial charge in [0, 0.05) is 0 Å². The molecule has 0 bridgehead atoms. The number of anilines is 1. The van der Waals surface area contributed by atoms with Crippen LogP contribution < -0.4 is 4.72 Å². The van der Waals surface area contributed by atoms with Crippen LogP contribution in [0.1, 0.15) is 5.56 Å². The maximum absolute atomic E-state index is 12.1. The number of aryl methyl sites for hydroxylation is 1. The quantitative estimate of drug-likeness (QED) is 0.735. The van der Waals surface area contributed by atoms with Crippen molar-refractivity contribution in [3.8, 4) is 0 Å². The highest BCUT2D eigenvalue weighted by Crippen LogP contribution is 2.32. The zero-order chi connectivity index (χ0) is 15.6. The number of aromatic nitrogens is 2. The Morgan fingerprint density at radius 1 is 1.48 bits per heavy atom. The molecular formula is C9H8ClN3O4S4. The molecule has 7 nitrogen and oxygen atoms in total. The van der Waals surface area contributed by atoms with Gasteiger partial charge in [-0.1, -0.05) is 34.7 Å². The molecule has 2 aromatic rings. The number of hydrogen-bond donors (Lipinski definition) is 2. The van der Waals surface area contributed by atoms with Gasteiger partial charge in [0.1, 0.15) is 4.21 Å². The van der Waals surface area contributed by atoms with Crippen molar-refractivity contribution in [3.05, 3.63) is 16.0 Å². The van der Waals surface area contributed by atoms with Gasteiger partial charge in [-0.15, -0.1) is 21.5 Å². The average molecular weight is 386 g/mol. The third kappa shape index (κ3) is 4.30. The van der Waals surface area contributed by atoms with Gasteiger partial charge in [0.15, 0.2) is 4.34 Å². The molecular weight excluding hydrogens is 378 g/mol. The van der Waals surface area contributed by atoms with Gasteiger partial charge in [-0.05, 0) is 18.6 Å². The molecule has 0 fully saturated rings. The van der Waals surface area contributed by atoms with E-state index in [1.54, 1.807) is 6.92 Å². The first-order valence-corrected chi connectivity index (χ1v) is 9.73. The van der Waals surface area contributed by atoms with E-state index in [2.05, 4.69) is 14.9 Å². The normalized spacial score (nSPS) is 11.5. The monoisotopic (exact) mass is 385 g/mol. The lowest BCUT2D eigenvalue weighted by Gasteiger charge is -2.00. The van der Waals surface area contributed by atoms with Crippen molar-refractivity contribution in [2.75, 3.05) is 10.5 Å². The summed E-state index contributed by atoms with van der Waals surface area (Å²) in [6, 6.07) is 1.47. The van der Waals surface area contributed by atoms with Crippen LogP contribution in [0, 0.1) is 6.92 Å². The van der Waals surface area contributed by atoms with Crippen LogP contribution in [0.25, 0.3) is 0 Å². The van der Waals surface area contributed by atoms with Crippen molar-refractivity contribution in [1.82, 2.24) is 10.2 Å². The predicted octanol–water partition coefficient (Wildman–Crippen LogP) is 2.54. The lowest BCUT2D eigenvalue weighted by atomic mass is 10.4. The Morgan fingerprint density at radius 2 is 2.19 bits per heavy atom. The summed E-state index contributed by atoms with van der Waals surface area (Å²) in [7, 11) is -3.77. The molecule has 0 aromatic carbocycles. The van der Waals surface area contributed by atoms with Gasteiger partial charge in [0.2, 0.25) is 5.13 Å². The summed E-state index contributed by atoms with van der Waals surface area (Å²) in [5, 5.41) is 16.0. The van der Waals surface area contributed by atoms with E-state index >= 15 is 0 Å². The first kappa shape index (κ1) is 16.5. The highest BCUT2D eigenvalue weighted by atomic mass is 35.5. The molecule has 2 aromatic heterocycles. The Morgan fingerprint density at radius 3 is 2.76 bits per heavy atom. The summed E-state index contributed by atoms with van der Waals surface area (Å²) in [4.78, 5) is 10.4. The molecule has 0 amide bonds. The number of thiophene rings is 1. The molecule has 21 heavy (non-hydrogen) atoms. The molecule has 0 unspecified atom stereocenters. The van der Waals surface area contributed by atoms with Gasteiger partial charge in [0.05, 0.1) is 10.1 Å². The fourth-order valence-corrected chi connectivity index (χ4v) is 5.57. The highest BCUT2D eigenvalue weighted by molar-refractivity contribution is 8.01. The second-order valence-electron chi connectivity index (χ2n) is 3.68. The molecule has 2 heterocycles. The standard InChI is InChI=1S/C9H8ClN3O4S4/c1-4-2-6(19-7(4)10)21(16,17)13-8-11-12-9(20-8)18-3-5(14)15/h2H,3H2,1H3,(H,11,13)(H,14,15). The number of rotatable bonds is 6. The van der Waals surface area contributed by atoms with Crippen LogP contribution in [0.15, 0.2) is 14.6 Å². The van der Waals surface area contributed by atoms with Gasteiger partial charge in [0.25, 0.3) is 10.0 Å². The van der Waals surface area contributed by atoms with Crippen molar-refractivity contribution in [2.45, 2.75) is 15.5 Å². The number of carbonyl (C=O) groups is 1. The maximum Gasteiger partial charge on any atom is 0.313 e. The minimum atomic E-state index is -3.77. The molecule has 0 atom stereocenters. The zero-order valence-electron chi connectivity index (χ0n) is 10.4. The van der Waals surface area contributed by atoms with Gasteiger partial charge in [-0.3, -0.25) is 9.52 Å². The average Bonchev–Trinajstić information content (AvgIpc) is 2.95. The smallest absolute Gasteiger partial charge is 0.313 e. The summed E-state index contributed by atoms with van der Waals surface area (Å²) >= 11 is 8.74. The maximum atomic E-state index is 12.1. The summed E-state index contributed by atoms with van der Waals surface area (Å²) in [6.07, 6.45) is 0. The summed E-state index contributed by atoms with van der Waals surface area (Å²) in [6.45, 7) is 1.71. The number of carboxylic acids is 1. The summed E-state index contributed by atoms with van der Waals surface area (Å²) in [5.74, 6) is -1.15. The largest absolute Gasteiger partial charge is 0.481 e. The van der Waals surface area contributed by atoms with Crippen molar-refractivity contribution in [3.63, 3.8) is 0 Å². The number of thioether (sulfide) groups is 1. The van der Waals surface area contributed by atoms with Gasteiger partial charge < -0.3 is 5.11 Å². The SMILES string of the molecule is Cc1cc(S(=O)(=O)Nc2nnc(SCC(=O)O)s2)sc1Cl. The van der Waals surface area contributed by atoms with Gasteiger partial charge in [-0.25, -0.2) is 8.42 Å². The topological polar surface area (TPSA) is 109 Å². The fourth-order valence-electron chi connectivity index (χ4n) is 1.16. The van der Waals surface area contributed by atoms with Crippen LogP contribution in [0.5, 0.6) is 0 Å². The molecule has 2 rings (SSSR count). The lowest BCUT2D eigenvalue weighted by molar-refractivity contribution is -0.133. The van der Waals surface area contributed by atoms with E-state index in [1.165, 1.54) is 6.07 Å². The van der Waals surface area contributed by atoms with Crippen LogP contribution in [-0.4, -0.2) is 35.4 Å². The van der Waals surface area contributed by atoms with E-state index < -0.39 is 16.0 Å². The Labute approximate surface area is 137 Å². The lowest BCUT2D eigenvalue weighted by Crippen LogP contribution is -2.11. The number of hydrogen-bond acceptors (Lipinski definition) is 8. The van der Waals surface area contributed by atoms with E-state index in [1.807, 2.05) is 0 Å². The minimum Gasteiger partial charge on any atom is -0.481 e. The Kier molecular flexibility index (Phi) is 5.09. The number of nitrogens with one attached hydrogen (secondary N) is 1. The fraction of sp³-hybridized carbons (Fsp3) is 0.222. The number of halogens is 1. The number of aliphatic carboxylic acids is 1. The molecule has 12 heteroatoms. The molecule has 114 valence electrons. The van der Waals surface area contributed by atoms with E-state index in [4.69, 9.17) is 16.7 Å². The Hall–Kier alpha value is -0.880. The second-order valence-corrected chi connectivity index (χ2v) is 9.45. The van der Waals surface area contributed by atoms with Gasteiger partial charge in [-0.2, -0.15) is 0 Å². The van der Waals surface area contributed by atoms with E-state index in [0.717, 1.165) is 34.4 Å². The third-order valence-electron chi connectivity index (χ3n) is 2.05. The third-order valence-corrected chi connectivity index (χ3v) is 7.50. The van der Waals surface area contributed by atoms with Crippen molar-refractivity contribution >= 4 is 67.2 Å². The number of carboxylic acid groups (broad SMARTS) is 1. The van der Waals surface area contributed by atoms with E-state index in [0.29, 0.717) is 14.2 Å². The minimum absolute atomic E-state index is 0.0741. The van der Waals surface area contributed by atoms with Crippen LogP contribution in [0.4, 0.5) is 5.13 Å². The second kappa shape index (κ2) is 6.48. The van der Waals surface area contributed by atoms with Crippen LogP contribution in [-0.2, 0) is 14.8 Å². The first-order chi connectivity index (χ1) is 9.78. The van der Waals surface area contributed by atoms with Crippen LogP contribution in [0.3, 0.4) is 0 Å². The zero-order valence-corrected chi connectivity index (χ0v) is 14.4. The molecule has 0 saturated heterocycles. The molecule has 0 spiro atoms. The van der Waals surface area contributed by atoms with E-state index in [9.17, 15) is 13.2 Å². The Balaban J connectivity index is 2.12. The van der Waals surface area contributed by atoms with Crippen molar-refractivity contribution in [2.24, 2.45) is 0 Å². The van der Waals surface area contributed by atoms with Gasteiger partial charge >= 0.3 is 5.97 Å². The first-order valence-electron chi connectivity index (χ1n) is 5.25. The highest BCUT2D eigenvalue weighted by Gasteiger charge is 2.20. The molecule has 0 aliphatic rings. The van der Waals surface area contributed by atoms with Crippen molar-refractivity contribution < 1.29 is 18.3 Å². The number of sulfonamides is 1. The molecule has 0 saturated carbocycles. The summed E-state index contributed by atoms with van der Waals surface area (Å²) < 4.78 is 27.4. The Bertz CT molecular complexity index is 750. The summed E-state index contributed by atoms with van der Waals surface area (Å²) in [5.41, 5.74) is 0.678. The molecule has 2 N–H and O–H groups in total. The van der Waals surface area contributed by atoms with Crippen LogP contribution >= 0.6 is 46.0 Å². The molecule has 0 radical (unpaired) electrons. The van der Waals surface area contributed by atoms with Crippen LogP contribution in [0.2, 0.25) is 4.34 Å². The predicted molar refractivity (Wildman–Crippen MR) is 83.1 cm³/mol. The molecule has 0 aliphatic carbocycles. The molecule has 0 aliphatic heterocycles. The van der Waals surface area contributed by atoms with Crippen molar-refractivity contribution in [1.29, 1.82) is 0 Å². The number of nitrogens with zero attached hydrogens (tertiary/aromatic N) is 2. The van der Waals surface area contributed by atoms with E-state index in [-0.39, 0.29) is 15.1 Å².